The molecule has 146 valence electrons. The number of ether oxygens (including phenoxy) is 1. The molecule has 0 aliphatic carbocycles. The molecular formula is C22H36N2O2. The predicted molar refractivity (Wildman–Crippen MR) is 108 cm³/mol. The lowest BCUT2D eigenvalue weighted by molar-refractivity contribution is -0.127. The highest BCUT2D eigenvalue weighted by Crippen LogP contribution is 2.28. The topological polar surface area (TPSA) is 41.6 Å². The number of aryl methyl sites for hydroxylation is 1. The zero-order valence-electron chi connectivity index (χ0n) is 17.2. The number of rotatable bonds is 8. The molecule has 2 atom stereocenters. The van der Waals surface area contributed by atoms with Gasteiger partial charge >= 0.3 is 0 Å². The van der Waals surface area contributed by atoms with Gasteiger partial charge < -0.3 is 15.0 Å². The molecule has 1 fully saturated rings. The molecule has 1 aromatic carbocycles. The lowest BCUT2D eigenvalue weighted by Gasteiger charge is -2.30. The largest absolute Gasteiger partial charge is 0.481 e. The van der Waals surface area contributed by atoms with Gasteiger partial charge in [0.15, 0.2) is 6.10 Å². The van der Waals surface area contributed by atoms with Crippen LogP contribution in [-0.4, -0.2) is 43.1 Å². The van der Waals surface area contributed by atoms with Crippen molar-refractivity contribution in [3.8, 4) is 5.75 Å². The van der Waals surface area contributed by atoms with Gasteiger partial charge in [-0.15, -0.1) is 0 Å². The van der Waals surface area contributed by atoms with Gasteiger partial charge in [-0.2, -0.15) is 0 Å². The molecule has 0 saturated carbocycles. The minimum Gasteiger partial charge on any atom is -0.481 e. The Bertz CT molecular complexity index is 586. The molecule has 0 spiro atoms. The van der Waals surface area contributed by atoms with Gasteiger partial charge in [-0.05, 0) is 75.2 Å². The molecule has 1 N–H and O–H groups in total. The highest BCUT2D eigenvalue weighted by Gasteiger charge is 2.18. The summed E-state index contributed by atoms with van der Waals surface area (Å²) in [6.07, 6.45) is 3.16. The van der Waals surface area contributed by atoms with Crippen molar-refractivity contribution in [3.05, 3.63) is 29.3 Å². The lowest BCUT2D eigenvalue weighted by atomic mass is 10.0. The summed E-state index contributed by atoms with van der Waals surface area (Å²) < 4.78 is 5.99. The SMILES string of the molecule is Cc1ccc(C(C)C)c(O[C@H](C)C(=O)NCCCN2CCC[C@@H](C)C2)c1. The first-order valence-corrected chi connectivity index (χ1v) is 10.1. The van der Waals surface area contributed by atoms with Gasteiger partial charge in [0, 0.05) is 13.1 Å². The van der Waals surface area contributed by atoms with Gasteiger partial charge in [0.2, 0.25) is 0 Å². The summed E-state index contributed by atoms with van der Waals surface area (Å²) in [7, 11) is 0. The first-order chi connectivity index (χ1) is 12.4. The van der Waals surface area contributed by atoms with Crippen LogP contribution in [0.1, 0.15) is 64.0 Å². The third-order valence-corrected chi connectivity index (χ3v) is 5.16. The summed E-state index contributed by atoms with van der Waals surface area (Å²) in [5.74, 6) is 1.96. The molecule has 1 heterocycles. The quantitative estimate of drug-likeness (QED) is 0.709. The number of nitrogens with zero attached hydrogens (tertiary/aromatic N) is 1. The maximum absolute atomic E-state index is 12.4. The van der Waals surface area contributed by atoms with E-state index in [1.165, 1.54) is 25.9 Å². The van der Waals surface area contributed by atoms with E-state index < -0.39 is 6.10 Å². The number of benzene rings is 1. The van der Waals surface area contributed by atoms with Crippen LogP contribution in [0.25, 0.3) is 0 Å². The molecule has 1 aliphatic heterocycles. The van der Waals surface area contributed by atoms with Crippen LogP contribution >= 0.6 is 0 Å². The fourth-order valence-electron chi connectivity index (χ4n) is 3.61. The molecule has 1 saturated heterocycles. The van der Waals surface area contributed by atoms with E-state index in [1.807, 2.05) is 19.9 Å². The van der Waals surface area contributed by atoms with E-state index in [0.29, 0.717) is 12.5 Å². The highest BCUT2D eigenvalue weighted by molar-refractivity contribution is 5.80. The average molecular weight is 361 g/mol. The third kappa shape index (κ3) is 6.31. The maximum atomic E-state index is 12.4. The van der Waals surface area contributed by atoms with Crippen molar-refractivity contribution >= 4 is 5.91 Å². The molecule has 0 aromatic heterocycles. The molecule has 0 unspecified atom stereocenters. The minimum atomic E-state index is -0.482. The van der Waals surface area contributed by atoms with E-state index in [-0.39, 0.29) is 5.91 Å². The number of carbonyl (C=O) groups excluding carboxylic acids is 1. The van der Waals surface area contributed by atoms with Crippen LogP contribution in [-0.2, 0) is 4.79 Å². The van der Waals surface area contributed by atoms with Crippen molar-refractivity contribution in [2.24, 2.45) is 5.92 Å². The molecule has 4 nitrogen and oxygen atoms in total. The minimum absolute atomic E-state index is 0.0341. The van der Waals surface area contributed by atoms with Gasteiger partial charge in [-0.1, -0.05) is 32.9 Å². The first kappa shape index (κ1) is 20.8. The number of carbonyl (C=O) groups is 1. The van der Waals surface area contributed by atoms with Crippen LogP contribution in [0.4, 0.5) is 0 Å². The lowest BCUT2D eigenvalue weighted by Crippen LogP contribution is -2.39. The van der Waals surface area contributed by atoms with Crippen molar-refractivity contribution in [1.29, 1.82) is 0 Å². The molecule has 1 amide bonds. The Morgan fingerprint density at radius 1 is 1.35 bits per heavy atom. The summed E-state index contributed by atoms with van der Waals surface area (Å²) in [6.45, 7) is 14.6. The van der Waals surface area contributed by atoms with Gasteiger partial charge in [-0.3, -0.25) is 4.79 Å². The zero-order chi connectivity index (χ0) is 19.1. The fourth-order valence-corrected chi connectivity index (χ4v) is 3.61. The van der Waals surface area contributed by atoms with Gasteiger partial charge in [0.1, 0.15) is 5.75 Å². The van der Waals surface area contributed by atoms with Gasteiger partial charge in [0.05, 0.1) is 0 Å². The smallest absolute Gasteiger partial charge is 0.260 e. The number of piperidine rings is 1. The van der Waals surface area contributed by atoms with Crippen LogP contribution in [0.5, 0.6) is 5.75 Å². The number of hydrogen-bond donors (Lipinski definition) is 1. The molecule has 1 aromatic rings. The summed E-state index contributed by atoms with van der Waals surface area (Å²) in [5.41, 5.74) is 2.29. The Hall–Kier alpha value is -1.55. The Balaban J connectivity index is 1.76. The van der Waals surface area contributed by atoms with Crippen molar-refractivity contribution in [2.45, 2.75) is 65.9 Å². The van der Waals surface area contributed by atoms with Gasteiger partial charge in [0.25, 0.3) is 5.91 Å². The van der Waals surface area contributed by atoms with E-state index in [1.54, 1.807) is 0 Å². The summed E-state index contributed by atoms with van der Waals surface area (Å²) >= 11 is 0. The van der Waals surface area contributed by atoms with Crippen molar-refractivity contribution in [3.63, 3.8) is 0 Å². The average Bonchev–Trinajstić information content (AvgIpc) is 2.58. The monoisotopic (exact) mass is 360 g/mol. The summed E-state index contributed by atoms with van der Waals surface area (Å²) in [4.78, 5) is 14.9. The van der Waals surface area contributed by atoms with Crippen molar-refractivity contribution < 1.29 is 9.53 Å². The molecular weight excluding hydrogens is 324 g/mol. The summed E-state index contributed by atoms with van der Waals surface area (Å²) in [5, 5.41) is 3.03. The molecule has 2 rings (SSSR count). The molecule has 26 heavy (non-hydrogen) atoms. The number of amides is 1. The van der Waals surface area contributed by atoms with E-state index in [2.05, 4.69) is 43.1 Å². The Kier molecular flexibility index (Phi) is 7.95. The zero-order valence-corrected chi connectivity index (χ0v) is 17.2. The van der Waals surface area contributed by atoms with Gasteiger partial charge in [-0.25, -0.2) is 0 Å². The Morgan fingerprint density at radius 2 is 2.12 bits per heavy atom. The Morgan fingerprint density at radius 3 is 2.81 bits per heavy atom. The first-order valence-electron chi connectivity index (χ1n) is 10.1. The normalized spacial score (nSPS) is 19.4. The fraction of sp³-hybridized carbons (Fsp3) is 0.682. The number of nitrogens with one attached hydrogen (secondary N) is 1. The highest BCUT2D eigenvalue weighted by atomic mass is 16.5. The van der Waals surface area contributed by atoms with E-state index in [9.17, 15) is 4.79 Å². The molecule has 0 radical (unpaired) electrons. The Labute approximate surface area is 159 Å². The van der Waals surface area contributed by atoms with Crippen molar-refractivity contribution in [1.82, 2.24) is 10.2 Å². The van der Waals surface area contributed by atoms with E-state index in [4.69, 9.17) is 4.74 Å². The second-order valence-corrected chi connectivity index (χ2v) is 8.15. The molecule has 1 aliphatic rings. The summed E-state index contributed by atoms with van der Waals surface area (Å²) in [6, 6.07) is 6.21. The predicted octanol–water partition coefficient (Wildman–Crippen LogP) is 4.12. The second-order valence-electron chi connectivity index (χ2n) is 8.15. The van der Waals surface area contributed by atoms with Crippen LogP contribution < -0.4 is 10.1 Å². The molecule has 4 heteroatoms. The molecule has 0 bridgehead atoms. The van der Waals surface area contributed by atoms with Crippen molar-refractivity contribution in [2.75, 3.05) is 26.2 Å². The van der Waals surface area contributed by atoms with Crippen LogP contribution in [0.3, 0.4) is 0 Å². The maximum Gasteiger partial charge on any atom is 0.260 e. The number of hydrogen-bond acceptors (Lipinski definition) is 3. The third-order valence-electron chi connectivity index (χ3n) is 5.16. The standard InChI is InChI=1S/C22H36N2O2/c1-16(2)20-10-9-17(3)14-21(20)26-19(5)22(25)23-11-7-13-24-12-6-8-18(4)15-24/h9-10,14,16,18-19H,6-8,11-13,15H2,1-5H3,(H,23,25)/t18-,19-/m1/s1. The van der Waals surface area contributed by atoms with E-state index >= 15 is 0 Å². The second kappa shape index (κ2) is 9.96. The number of likely N-dealkylation sites (tertiary alicyclic amines) is 1. The van der Waals surface area contributed by atoms with Crippen LogP contribution in [0.2, 0.25) is 0 Å². The van der Waals surface area contributed by atoms with E-state index in [0.717, 1.165) is 35.8 Å². The van der Waals surface area contributed by atoms with Crippen LogP contribution in [0.15, 0.2) is 18.2 Å². The van der Waals surface area contributed by atoms with Crippen LogP contribution in [0, 0.1) is 12.8 Å².